The molecule has 1 fully saturated rings. The summed E-state index contributed by atoms with van der Waals surface area (Å²) in [5.74, 6) is 1.02. The highest BCUT2D eigenvalue weighted by atomic mass is 19.1. The molecule has 11 heteroatoms. The smallest absolute Gasteiger partial charge is 0.254 e. The Hall–Kier alpha value is -4.25. The number of ether oxygens (including phenoxy) is 1. The van der Waals surface area contributed by atoms with E-state index in [0.29, 0.717) is 29.9 Å². The molecule has 2 aliphatic rings. The third-order valence-electron chi connectivity index (χ3n) is 8.42. The maximum atomic E-state index is 14.3. The molecule has 0 unspecified atom stereocenters. The molecule has 2 atom stereocenters. The summed E-state index contributed by atoms with van der Waals surface area (Å²) in [5, 5.41) is 5.66. The summed E-state index contributed by atoms with van der Waals surface area (Å²) >= 11 is 0. The second-order valence-electron chi connectivity index (χ2n) is 11.5. The van der Waals surface area contributed by atoms with E-state index in [1.54, 1.807) is 19.2 Å². The highest BCUT2D eigenvalue weighted by Gasteiger charge is 2.30. The Balaban J connectivity index is 1.42. The molecule has 0 spiro atoms. The number of likely N-dealkylation sites (tertiary alicyclic amines) is 1. The van der Waals surface area contributed by atoms with Crippen molar-refractivity contribution < 1.29 is 13.9 Å². The van der Waals surface area contributed by atoms with E-state index < -0.39 is 6.17 Å². The molecule has 42 heavy (non-hydrogen) atoms. The number of carbonyl (C=O) groups is 1. The van der Waals surface area contributed by atoms with Crippen LogP contribution in [-0.2, 0) is 19.6 Å². The lowest BCUT2D eigenvalue weighted by molar-refractivity contribution is 0.0606. The van der Waals surface area contributed by atoms with Gasteiger partial charge in [0, 0.05) is 54.6 Å². The number of amides is 1. The molecule has 0 aliphatic carbocycles. The number of aryl methyl sites for hydroxylation is 2. The quantitative estimate of drug-likeness (QED) is 0.337. The van der Waals surface area contributed by atoms with E-state index in [2.05, 4.69) is 32.6 Å². The monoisotopic (exact) mass is 570 g/mol. The fourth-order valence-electron chi connectivity index (χ4n) is 6.47. The van der Waals surface area contributed by atoms with Crippen LogP contribution in [0.15, 0.2) is 48.9 Å². The zero-order valence-electron chi connectivity index (χ0n) is 23.7. The van der Waals surface area contributed by atoms with Crippen LogP contribution in [0.2, 0.25) is 0 Å². The molecular formula is C31H35FN8O2. The number of rotatable bonds is 2. The Morgan fingerprint density at radius 2 is 1.95 bits per heavy atom. The van der Waals surface area contributed by atoms with E-state index in [1.165, 1.54) is 4.90 Å². The first-order valence-corrected chi connectivity index (χ1v) is 14.7. The molecule has 5 aromatic rings. The molecule has 4 aromatic heterocycles. The number of alkyl halides is 1. The third-order valence-corrected chi connectivity index (χ3v) is 8.42. The Labute approximate surface area is 242 Å². The molecular weight excluding hydrogens is 535 g/mol. The third kappa shape index (κ3) is 4.81. The summed E-state index contributed by atoms with van der Waals surface area (Å²) in [6.07, 6.45) is 9.29. The normalized spacial score (nSPS) is 19.8. The van der Waals surface area contributed by atoms with Gasteiger partial charge in [-0.15, -0.1) is 0 Å². The predicted octanol–water partition coefficient (Wildman–Crippen LogP) is 4.39. The van der Waals surface area contributed by atoms with E-state index in [4.69, 9.17) is 20.4 Å². The van der Waals surface area contributed by atoms with Crippen molar-refractivity contribution in [1.29, 1.82) is 0 Å². The van der Waals surface area contributed by atoms with E-state index in [-0.39, 0.29) is 24.9 Å². The van der Waals surface area contributed by atoms with Gasteiger partial charge in [0.15, 0.2) is 5.82 Å². The summed E-state index contributed by atoms with van der Waals surface area (Å²) in [5.41, 5.74) is 10.8. The van der Waals surface area contributed by atoms with Gasteiger partial charge in [-0.05, 0) is 49.6 Å². The number of imidazole rings is 1. The summed E-state index contributed by atoms with van der Waals surface area (Å²) in [6.45, 7) is 2.57. The molecule has 2 aliphatic heterocycles. The highest BCUT2D eigenvalue weighted by molar-refractivity contribution is 6.00. The number of aromatic nitrogens is 6. The van der Waals surface area contributed by atoms with Gasteiger partial charge in [0.25, 0.3) is 5.91 Å². The molecule has 2 bridgehead atoms. The van der Waals surface area contributed by atoms with Gasteiger partial charge in [0.2, 0.25) is 0 Å². The van der Waals surface area contributed by atoms with Gasteiger partial charge < -0.3 is 24.5 Å². The standard InChI is InChI=1S/C31H35FN8O2/c1-42-27-13-22(31(41)37-18-23(32)14-24(33)19-37)11-25-28(27)40-17-20-15-35-38(16-20)9-4-2-3-5-10-39-26(30(40)36-25)12-21-7-6-8-34-29(21)39/h6-8,11-13,15-16,23-24H,2-5,9-10,14,17-19,33H2,1H3/t23-,24-/m1/s1. The summed E-state index contributed by atoms with van der Waals surface area (Å²) in [6, 6.07) is 9.30. The molecule has 6 heterocycles. The number of hydrogen-bond acceptors (Lipinski definition) is 6. The molecule has 7 rings (SSSR count). The first-order valence-electron chi connectivity index (χ1n) is 14.7. The van der Waals surface area contributed by atoms with Crippen LogP contribution in [0, 0.1) is 0 Å². The number of nitrogens with zero attached hydrogens (tertiary/aromatic N) is 7. The molecule has 1 amide bonds. The Kier molecular flexibility index (Phi) is 6.89. The van der Waals surface area contributed by atoms with Crippen molar-refractivity contribution in [1.82, 2.24) is 33.8 Å². The minimum Gasteiger partial charge on any atom is -0.494 e. The number of halogens is 1. The van der Waals surface area contributed by atoms with Crippen molar-refractivity contribution in [3.63, 3.8) is 0 Å². The Morgan fingerprint density at radius 3 is 2.79 bits per heavy atom. The molecule has 10 nitrogen and oxygen atoms in total. The van der Waals surface area contributed by atoms with Crippen LogP contribution in [0.25, 0.3) is 33.6 Å². The molecule has 2 N–H and O–H groups in total. The van der Waals surface area contributed by atoms with Crippen molar-refractivity contribution in [3.8, 4) is 17.3 Å². The van der Waals surface area contributed by atoms with E-state index in [9.17, 15) is 9.18 Å². The largest absolute Gasteiger partial charge is 0.494 e. The number of fused-ring (bicyclic) bond motifs is 9. The molecule has 1 aromatic carbocycles. The van der Waals surface area contributed by atoms with Crippen molar-refractivity contribution in [2.45, 2.75) is 64.0 Å². The van der Waals surface area contributed by atoms with Crippen LogP contribution in [-0.4, -0.2) is 72.1 Å². The van der Waals surface area contributed by atoms with Gasteiger partial charge in [-0.2, -0.15) is 5.10 Å². The second-order valence-corrected chi connectivity index (χ2v) is 11.5. The average molecular weight is 571 g/mol. The fraction of sp³-hybridized carbons (Fsp3) is 0.419. The van der Waals surface area contributed by atoms with Gasteiger partial charge in [-0.25, -0.2) is 14.4 Å². The zero-order valence-corrected chi connectivity index (χ0v) is 23.7. The lowest BCUT2D eigenvalue weighted by Crippen LogP contribution is -2.50. The van der Waals surface area contributed by atoms with E-state index in [0.717, 1.165) is 72.4 Å². The average Bonchev–Trinajstić information content (AvgIpc) is 3.69. The minimum absolute atomic E-state index is 0.0314. The summed E-state index contributed by atoms with van der Waals surface area (Å²) in [7, 11) is 1.60. The number of carbonyl (C=O) groups excluding carboxylic acids is 1. The SMILES string of the molecule is COc1cc(C(=O)N2C[C@H](N)C[C@@H](F)C2)cc2nc3n(c12)Cc1cnn(c1)CCCCCCn1c-3cc2cccnc21. The van der Waals surface area contributed by atoms with Crippen LogP contribution in [0.5, 0.6) is 5.75 Å². The molecule has 0 radical (unpaired) electrons. The van der Waals surface area contributed by atoms with Crippen LogP contribution >= 0.6 is 0 Å². The van der Waals surface area contributed by atoms with Crippen LogP contribution < -0.4 is 10.5 Å². The highest BCUT2D eigenvalue weighted by Crippen LogP contribution is 2.36. The second kappa shape index (κ2) is 10.9. The van der Waals surface area contributed by atoms with E-state index >= 15 is 0 Å². The first kappa shape index (κ1) is 26.6. The summed E-state index contributed by atoms with van der Waals surface area (Å²) < 4.78 is 26.6. The number of pyridine rings is 1. The fourth-order valence-corrected chi connectivity index (χ4v) is 6.47. The maximum Gasteiger partial charge on any atom is 0.254 e. The van der Waals surface area contributed by atoms with Gasteiger partial charge in [0.05, 0.1) is 37.6 Å². The number of benzene rings is 1. The topological polar surface area (TPSA) is 109 Å². The number of nitrogens with two attached hydrogens (primary N) is 1. The molecule has 1 saturated heterocycles. The summed E-state index contributed by atoms with van der Waals surface area (Å²) in [4.78, 5) is 24.9. The van der Waals surface area contributed by atoms with Crippen LogP contribution in [0.3, 0.4) is 0 Å². The van der Waals surface area contributed by atoms with Gasteiger partial charge >= 0.3 is 0 Å². The first-order chi connectivity index (χ1) is 20.5. The van der Waals surface area contributed by atoms with Gasteiger partial charge in [0.1, 0.15) is 23.1 Å². The Morgan fingerprint density at radius 1 is 1.10 bits per heavy atom. The van der Waals surface area contributed by atoms with Crippen molar-refractivity contribution >= 4 is 28.0 Å². The van der Waals surface area contributed by atoms with Crippen molar-refractivity contribution in [3.05, 3.63) is 60.0 Å². The lowest BCUT2D eigenvalue weighted by Gasteiger charge is -2.33. The minimum atomic E-state index is -1.14. The van der Waals surface area contributed by atoms with Gasteiger partial charge in [-0.3, -0.25) is 9.48 Å². The van der Waals surface area contributed by atoms with Gasteiger partial charge in [-0.1, -0.05) is 12.8 Å². The predicted molar refractivity (Wildman–Crippen MR) is 158 cm³/mol. The molecule has 0 saturated carbocycles. The number of hydrogen-bond donors (Lipinski definition) is 1. The Bertz CT molecular complexity index is 1760. The van der Waals surface area contributed by atoms with Crippen LogP contribution in [0.1, 0.15) is 48.0 Å². The van der Waals surface area contributed by atoms with Crippen molar-refractivity contribution in [2.24, 2.45) is 5.73 Å². The van der Waals surface area contributed by atoms with E-state index in [1.807, 2.05) is 23.1 Å². The molecule has 218 valence electrons. The van der Waals surface area contributed by atoms with Crippen molar-refractivity contribution in [2.75, 3.05) is 20.2 Å². The zero-order chi connectivity index (χ0) is 28.8. The van der Waals surface area contributed by atoms with Crippen LogP contribution in [0.4, 0.5) is 4.39 Å². The number of methoxy groups -OCH3 is 1. The maximum absolute atomic E-state index is 14.3. The lowest BCUT2D eigenvalue weighted by atomic mass is 10.0. The number of piperidine rings is 1.